The maximum absolute atomic E-state index is 6.32. The van der Waals surface area contributed by atoms with E-state index in [2.05, 4.69) is 18.4 Å². The second kappa shape index (κ2) is 5.34. The number of ether oxygens (including phenoxy) is 1. The summed E-state index contributed by atoms with van der Waals surface area (Å²) in [5.74, 6) is 0.854. The molecule has 2 N–H and O–H groups in total. The highest BCUT2D eigenvalue weighted by Gasteiger charge is 2.14. The number of hydrogen-bond acceptors (Lipinski definition) is 3. The first-order valence-corrected chi connectivity index (χ1v) is 6.60. The zero-order chi connectivity index (χ0) is 12.3. The zero-order valence-electron chi connectivity index (χ0n) is 10.1. The van der Waals surface area contributed by atoms with Crippen molar-refractivity contribution in [3.05, 3.63) is 51.7 Å². The lowest BCUT2D eigenvalue weighted by Crippen LogP contribution is -2.11. The Morgan fingerprint density at radius 3 is 2.88 bits per heavy atom. The van der Waals surface area contributed by atoms with Crippen LogP contribution in [0, 0.1) is 0 Å². The second-order valence-corrected chi connectivity index (χ2v) is 4.87. The molecule has 1 atom stereocenters. The lowest BCUT2D eigenvalue weighted by Gasteiger charge is -2.13. The molecular weight excluding hydrogens is 230 g/mol. The van der Waals surface area contributed by atoms with Gasteiger partial charge in [-0.25, -0.2) is 0 Å². The molecule has 2 aromatic rings. The fraction of sp³-hybridized carbons (Fsp3) is 0.286. The van der Waals surface area contributed by atoms with Crippen LogP contribution >= 0.6 is 11.3 Å². The van der Waals surface area contributed by atoms with E-state index in [1.165, 1.54) is 10.4 Å². The van der Waals surface area contributed by atoms with Gasteiger partial charge in [-0.15, -0.1) is 11.3 Å². The van der Waals surface area contributed by atoms with E-state index in [9.17, 15) is 0 Å². The molecule has 0 bridgehead atoms. The van der Waals surface area contributed by atoms with Gasteiger partial charge in [-0.3, -0.25) is 0 Å². The first kappa shape index (κ1) is 12.1. The smallest absolute Gasteiger partial charge is 0.119 e. The van der Waals surface area contributed by atoms with Crippen LogP contribution in [0.4, 0.5) is 0 Å². The van der Waals surface area contributed by atoms with Crippen molar-refractivity contribution >= 4 is 11.3 Å². The third-order valence-corrected chi connectivity index (χ3v) is 3.94. The monoisotopic (exact) mass is 247 g/mol. The van der Waals surface area contributed by atoms with Gasteiger partial charge in [0.05, 0.1) is 13.2 Å². The summed E-state index contributed by atoms with van der Waals surface area (Å²) in [7, 11) is 1.67. The van der Waals surface area contributed by atoms with Gasteiger partial charge in [0, 0.05) is 4.88 Å². The van der Waals surface area contributed by atoms with Gasteiger partial charge in [0.15, 0.2) is 0 Å². The van der Waals surface area contributed by atoms with Crippen LogP contribution < -0.4 is 10.5 Å². The third kappa shape index (κ3) is 2.51. The maximum atomic E-state index is 6.32. The van der Waals surface area contributed by atoms with Gasteiger partial charge in [-0.05, 0) is 41.1 Å². The molecule has 2 nitrogen and oxygen atoms in total. The van der Waals surface area contributed by atoms with Crippen molar-refractivity contribution in [1.82, 2.24) is 0 Å². The van der Waals surface area contributed by atoms with Crippen LogP contribution in [0.2, 0.25) is 0 Å². The summed E-state index contributed by atoms with van der Waals surface area (Å²) < 4.78 is 5.23. The molecule has 0 spiro atoms. The first-order chi connectivity index (χ1) is 8.26. The molecule has 0 saturated heterocycles. The van der Waals surface area contributed by atoms with Crippen molar-refractivity contribution in [3.63, 3.8) is 0 Å². The van der Waals surface area contributed by atoms with Crippen molar-refractivity contribution < 1.29 is 4.74 Å². The van der Waals surface area contributed by atoms with Crippen LogP contribution in [-0.4, -0.2) is 7.11 Å². The van der Waals surface area contributed by atoms with Crippen LogP contribution in [0.1, 0.15) is 29.0 Å². The Balaban J connectivity index is 2.33. The lowest BCUT2D eigenvalue weighted by atomic mass is 10.0. The zero-order valence-corrected chi connectivity index (χ0v) is 11.0. The molecule has 2 rings (SSSR count). The van der Waals surface area contributed by atoms with Crippen molar-refractivity contribution in [1.29, 1.82) is 0 Å². The number of thiophene rings is 1. The number of nitrogens with two attached hydrogens (primary N) is 1. The molecule has 90 valence electrons. The van der Waals surface area contributed by atoms with E-state index in [1.807, 2.05) is 24.3 Å². The average molecular weight is 247 g/mol. The summed E-state index contributed by atoms with van der Waals surface area (Å²) >= 11 is 1.72. The van der Waals surface area contributed by atoms with E-state index in [0.29, 0.717) is 0 Å². The number of benzene rings is 1. The minimum Gasteiger partial charge on any atom is -0.497 e. The number of hydrogen-bond donors (Lipinski definition) is 1. The molecule has 0 amide bonds. The van der Waals surface area contributed by atoms with Gasteiger partial charge in [0.2, 0.25) is 0 Å². The Kier molecular flexibility index (Phi) is 3.82. The molecule has 1 aromatic carbocycles. The predicted molar refractivity (Wildman–Crippen MR) is 72.7 cm³/mol. The van der Waals surface area contributed by atoms with Crippen molar-refractivity contribution in [2.24, 2.45) is 5.73 Å². The Hall–Kier alpha value is -1.32. The van der Waals surface area contributed by atoms with Gasteiger partial charge in [0.1, 0.15) is 5.75 Å². The molecule has 1 heterocycles. The standard InChI is InChI=1S/C14H17NOS/c1-3-10-7-8-17-14(10)13(15)11-5-4-6-12(9-11)16-2/h4-9,13H,3,15H2,1-2H3. The highest BCUT2D eigenvalue weighted by Crippen LogP contribution is 2.29. The molecule has 0 aliphatic heterocycles. The fourth-order valence-electron chi connectivity index (χ4n) is 1.90. The quantitative estimate of drug-likeness (QED) is 0.899. The first-order valence-electron chi connectivity index (χ1n) is 5.72. The molecule has 0 radical (unpaired) electrons. The van der Waals surface area contributed by atoms with E-state index in [0.717, 1.165) is 17.7 Å². The Labute approximate surface area is 106 Å². The van der Waals surface area contributed by atoms with Crippen LogP contribution in [0.15, 0.2) is 35.7 Å². The summed E-state index contributed by atoms with van der Waals surface area (Å²) in [5.41, 5.74) is 8.75. The van der Waals surface area contributed by atoms with Crippen LogP contribution in [0.25, 0.3) is 0 Å². The largest absolute Gasteiger partial charge is 0.497 e. The second-order valence-electron chi connectivity index (χ2n) is 3.92. The Bertz CT molecular complexity index is 492. The van der Waals surface area contributed by atoms with Gasteiger partial charge in [-0.1, -0.05) is 19.1 Å². The molecular formula is C14H17NOS. The van der Waals surface area contributed by atoms with Crippen molar-refractivity contribution in [3.8, 4) is 5.75 Å². The van der Waals surface area contributed by atoms with Crippen molar-refractivity contribution in [2.75, 3.05) is 7.11 Å². The normalized spacial score (nSPS) is 12.4. The molecule has 1 unspecified atom stereocenters. The Morgan fingerprint density at radius 2 is 2.18 bits per heavy atom. The van der Waals surface area contributed by atoms with E-state index in [1.54, 1.807) is 18.4 Å². The number of aryl methyl sites for hydroxylation is 1. The molecule has 0 saturated carbocycles. The summed E-state index contributed by atoms with van der Waals surface area (Å²) in [6.45, 7) is 2.16. The fourth-order valence-corrected chi connectivity index (χ4v) is 2.92. The van der Waals surface area contributed by atoms with E-state index < -0.39 is 0 Å². The summed E-state index contributed by atoms with van der Waals surface area (Å²) in [6.07, 6.45) is 1.02. The highest BCUT2D eigenvalue weighted by atomic mass is 32.1. The van der Waals surface area contributed by atoms with E-state index in [-0.39, 0.29) is 6.04 Å². The van der Waals surface area contributed by atoms with E-state index >= 15 is 0 Å². The Morgan fingerprint density at radius 1 is 1.35 bits per heavy atom. The minimum absolute atomic E-state index is 0.0555. The van der Waals surface area contributed by atoms with Crippen LogP contribution in [-0.2, 0) is 6.42 Å². The summed E-state index contributed by atoms with van der Waals surface area (Å²) in [4.78, 5) is 1.25. The van der Waals surface area contributed by atoms with Gasteiger partial charge >= 0.3 is 0 Å². The molecule has 3 heteroatoms. The van der Waals surface area contributed by atoms with Crippen LogP contribution in [0.3, 0.4) is 0 Å². The topological polar surface area (TPSA) is 35.2 Å². The van der Waals surface area contributed by atoms with Gasteiger partial charge in [0.25, 0.3) is 0 Å². The summed E-state index contributed by atoms with van der Waals surface area (Å²) in [5, 5.41) is 2.11. The third-order valence-electron chi connectivity index (χ3n) is 2.90. The molecule has 0 aliphatic rings. The number of rotatable bonds is 4. The SMILES string of the molecule is CCc1ccsc1C(N)c1cccc(OC)c1. The summed E-state index contributed by atoms with van der Waals surface area (Å²) in [6, 6.07) is 10.1. The predicted octanol–water partition coefficient (Wildman–Crippen LogP) is 3.37. The van der Waals surface area contributed by atoms with Crippen molar-refractivity contribution in [2.45, 2.75) is 19.4 Å². The lowest BCUT2D eigenvalue weighted by molar-refractivity contribution is 0.414. The highest BCUT2D eigenvalue weighted by molar-refractivity contribution is 7.10. The minimum atomic E-state index is -0.0555. The molecule has 0 fully saturated rings. The molecule has 0 aliphatic carbocycles. The molecule has 1 aromatic heterocycles. The van der Waals surface area contributed by atoms with E-state index in [4.69, 9.17) is 10.5 Å². The number of methoxy groups -OCH3 is 1. The van der Waals surface area contributed by atoms with Gasteiger partial charge in [-0.2, -0.15) is 0 Å². The maximum Gasteiger partial charge on any atom is 0.119 e. The molecule has 17 heavy (non-hydrogen) atoms. The average Bonchev–Trinajstić information content (AvgIpc) is 2.86. The van der Waals surface area contributed by atoms with Gasteiger partial charge < -0.3 is 10.5 Å². The van der Waals surface area contributed by atoms with Crippen LogP contribution in [0.5, 0.6) is 5.75 Å².